The molecule has 2 aliphatic heterocycles. The van der Waals surface area contributed by atoms with Gasteiger partial charge in [-0.15, -0.1) is 0 Å². The van der Waals surface area contributed by atoms with Gasteiger partial charge in [-0.3, -0.25) is 9.69 Å². The zero-order valence-corrected chi connectivity index (χ0v) is 13.0. The van der Waals surface area contributed by atoms with E-state index < -0.39 is 0 Å². The van der Waals surface area contributed by atoms with Gasteiger partial charge >= 0.3 is 0 Å². The van der Waals surface area contributed by atoms with Crippen molar-refractivity contribution in [2.45, 2.75) is 37.8 Å². The van der Waals surface area contributed by atoms with Gasteiger partial charge in [-0.05, 0) is 31.4 Å². The van der Waals surface area contributed by atoms with Crippen LogP contribution in [0.4, 0.5) is 0 Å². The summed E-state index contributed by atoms with van der Waals surface area (Å²) in [7, 11) is 3.66. The number of rotatable bonds is 4. The molecule has 0 aromatic carbocycles. The molecule has 0 radical (unpaired) electrons. The van der Waals surface area contributed by atoms with Crippen molar-refractivity contribution in [3.63, 3.8) is 0 Å². The number of carbonyl (C=O) groups excluding carboxylic acids is 1. The lowest BCUT2D eigenvalue weighted by Gasteiger charge is -2.35. The summed E-state index contributed by atoms with van der Waals surface area (Å²) in [5.74, 6) is 2.83. The Morgan fingerprint density at radius 1 is 1.26 bits per heavy atom. The Morgan fingerprint density at radius 2 is 2.00 bits per heavy atom. The number of hydrogen-bond acceptors (Lipinski definition) is 4. The highest BCUT2D eigenvalue weighted by molar-refractivity contribution is 7.99. The van der Waals surface area contributed by atoms with Gasteiger partial charge < -0.3 is 10.2 Å². The lowest BCUT2D eigenvalue weighted by Crippen LogP contribution is -2.49. The monoisotopic (exact) mass is 285 g/mol. The minimum absolute atomic E-state index is 0.218. The van der Waals surface area contributed by atoms with Crippen molar-refractivity contribution < 1.29 is 4.79 Å². The van der Waals surface area contributed by atoms with Crippen LogP contribution in [0, 0.1) is 0 Å². The summed E-state index contributed by atoms with van der Waals surface area (Å²) in [6.45, 7) is 2.69. The first-order valence-corrected chi connectivity index (χ1v) is 8.57. The number of hydrogen-bond donors (Lipinski definition) is 1. The normalized spacial score (nSPS) is 26.3. The molecule has 2 rings (SSSR count). The fourth-order valence-corrected chi connectivity index (χ4v) is 3.88. The molecule has 110 valence electrons. The predicted octanol–water partition coefficient (Wildman–Crippen LogP) is 1.02. The quantitative estimate of drug-likeness (QED) is 0.837. The van der Waals surface area contributed by atoms with Gasteiger partial charge in [-0.2, -0.15) is 11.8 Å². The van der Waals surface area contributed by atoms with E-state index in [0.717, 1.165) is 19.1 Å². The summed E-state index contributed by atoms with van der Waals surface area (Å²) in [5.41, 5.74) is 0. The summed E-state index contributed by atoms with van der Waals surface area (Å²) in [4.78, 5) is 15.6. The molecule has 0 aromatic rings. The largest absolute Gasteiger partial charge is 0.348 e. The molecule has 1 N–H and O–H groups in total. The first-order valence-electron chi connectivity index (χ1n) is 7.41. The summed E-state index contributed by atoms with van der Waals surface area (Å²) >= 11 is 2.08. The maximum atomic E-state index is 11.7. The van der Waals surface area contributed by atoms with Crippen molar-refractivity contribution in [3.8, 4) is 0 Å². The number of nitrogens with zero attached hydrogens (tertiary/aromatic N) is 2. The number of nitrogens with one attached hydrogen (secondary N) is 1. The molecule has 5 heteroatoms. The second-order valence-electron chi connectivity index (χ2n) is 5.92. The van der Waals surface area contributed by atoms with Crippen molar-refractivity contribution in [2.75, 3.05) is 45.2 Å². The van der Waals surface area contributed by atoms with Crippen LogP contribution in [0.2, 0.25) is 0 Å². The third kappa shape index (κ3) is 4.97. The number of amides is 1. The van der Waals surface area contributed by atoms with E-state index in [0.29, 0.717) is 12.6 Å². The second kappa shape index (κ2) is 7.50. The first kappa shape index (κ1) is 15.1. The van der Waals surface area contributed by atoms with Gasteiger partial charge in [0.2, 0.25) is 5.91 Å². The van der Waals surface area contributed by atoms with E-state index in [1.165, 1.54) is 37.2 Å². The Labute approximate surface area is 121 Å². The fraction of sp³-hybridized carbons (Fsp3) is 0.929. The number of likely N-dealkylation sites (N-methyl/N-ethyl adjacent to an activating group) is 1. The van der Waals surface area contributed by atoms with E-state index in [2.05, 4.69) is 22.0 Å². The number of piperidine rings is 1. The Balaban J connectivity index is 1.65. The average Bonchev–Trinajstić information content (AvgIpc) is 2.42. The van der Waals surface area contributed by atoms with E-state index >= 15 is 0 Å². The Morgan fingerprint density at radius 3 is 2.58 bits per heavy atom. The Hall–Kier alpha value is -0.260. The van der Waals surface area contributed by atoms with Crippen molar-refractivity contribution in [2.24, 2.45) is 0 Å². The molecule has 1 atom stereocenters. The zero-order valence-electron chi connectivity index (χ0n) is 12.2. The van der Waals surface area contributed by atoms with Gasteiger partial charge in [0, 0.05) is 45.0 Å². The van der Waals surface area contributed by atoms with Crippen molar-refractivity contribution in [3.05, 3.63) is 0 Å². The van der Waals surface area contributed by atoms with Crippen molar-refractivity contribution in [1.82, 2.24) is 15.1 Å². The summed E-state index contributed by atoms with van der Waals surface area (Å²) < 4.78 is 0. The molecule has 0 bridgehead atoms. The number of carbonyl (C=O) groups is 1. The van der Waals surface area contributed by atoms with Crippen molar-refractivity contribution in [1.29, 1.82) is 0 Å². The van der Waals surface area contributed by atoms with Crippen LogP contribution < -0.4 is 5.32 Å². The van der Waals surface area contributed by atoms with Gasteiger partial charge in [0.05, 0.1) is 6.54 Å². The van der Waals surface area contributed by atoms with Crippen molar-refractivity contribution >= 4 is 17.7 Å². The molecule has 19 heavy (non-hydrogen) atoms. The van der Waals surface area contributed by atoms with Crippen LogP contribution in [0.5, 0.6) is 0 Å². The molecule has 0 saturated carbocycles. The predicted molar refractivity (Wildman–Crippen MR) is 81.6 cm³/mol. The minimum atomic E-state index is 0.218. The maximum absolute atomic E-state index is 11.7. The number of likely N-dealkylation sites (tertiary alicyclic amines) is 1. The minimum Gasteiger partial charge on any atom is -0.348 e. The summed E-state index contributed by atoms with van der Waals surface area (Å²) in [6.07, 6.45) is 5.06. The topological polar surface area (TPSA) is 35.6 Å². The van der Waals surface area contributed by atoms with Crippen LogP contribution in [0.25, 0.3) is 0 Å². The molecule has 2 heterocycles. The van der Waals surface area contributed by atoms with Crippen LogP contribution >= 0.6 is 11.8 Å². The van der Waals surface area contributed by atoms with Crippen LogP contribution in [0.1, 0.15) is 25.7 Å². The smallest absolute Gasteiger partial charge is 0.236 e. The van der Waals surface area contributed by atoms with E-state index in [4.69, 9.17) is 0 Å². The average molecular weight is 285 g/mol. The summed E-state index contributed by atoms with van der Waals surface area (Å²) in [6, 6.07) is 1.38. The second-order valence-corrected chi connectivity index (χ2v) is 7.07. The molecule has 0 aromatic heterocycles. The van der Waals surface area contributed by atoms with E-state index in [1.54, 1.807) is 4.90 Å². The van der Waals surface area contributed by atoms with E-state index in [9.17, 15) is 4.79 Å². The van der Waals surface area contributed by atoms with Gasteiger partial charge in [0.25, 0.3) is 0 Å². The molecule has 1 unspecified atom stereocenters. The number of thioether (sulfide) groups is 1. The summed E-state index contributed by atoms with van der Waals surface area (Å²) in [5, 5.41) is 3.81. The standard InChI is InChI=1S/C14H27N3OS/c1-16(2)14(18)10-17-7-5-12(6-8-17)15-13-4-3-9-19-11-13/h12-13,15H,3-11H2,1-2H3. The molecule has 0 spiro atoms. The van der Waals surface area contributed by atoms with Crippen LogP contribution in [-0.4, -0.2) is 73.0 Å². The SMILES string of the molecule is CN(C)C(=O)CN1CCC(NC2CCCSC2)CC1. The molecular formula is C14H27N3OS. The molecule has 1 amide bonds. The molecule has 2 aliphatic rings. The Kier molecular flexibility index (Phi) is 5.98. The molecule has 2 fully saturated rings. The molecule has 0 aliphatic carbocycles. The van der Waals surface area contributed by atoms with Gasteiger partial charge in [-0.25, -0.2) is 0 Å². The Bertz CT molecular complexity index is 284. The third-order valence-electron chi connectivity index (χ3n) is 4.08. The maximum Gasteiger partial charge on any atom is 0.236 e. The highest BCUT2D eigenvalue weighted by atomic mass is 32.2. The third-order valence-corrected chi connectivity index (χ3v) is 5.29. The fourth-order valence-electron chi connectivity index (χ4n) is 2.80. The van der Waals surface area contributed by atoms with E-state index in [1.807, 2.05) is 14.1 Å². The van der Waals surface area contributed by atoms with Gasteiger partial charge in [0.15, 0.2) is 0 Å². The lowest BCUT2D eigenvalue weighted by molar-refractivity contribution is -0.130. The lowest BCUT2D eigenvalue weighted by atomic mass is 10.0. The van der Waals surface area contributed by atoms with Gasteiger partial charge in [0.1, 0.15) is 0 Å². The highest BCUT2D eigenvalue weighted by Gasteiger charge is 2.24. The van der Waals surface area contributed by atoms with Crippen LogP contribution in [0.3, 0.4) is 0 Å². The van der Waals surface area contributed by atoms with Crippen LogP contribution in [-0.2, 0) is 4.79 Å². The molecular weight excluding hydrogens is 258 g/mol. The van der Waals surface area contributed by atoms with Gasteiger partial charge in [-0.1, -0.05) is 0 Å². The zero-order chi connectivity index (χ0) is 13.7. The van der Waals surface area contributed by atoms with Crippen LogP contribution in [0.15, 0.2) is 0 Å². The molecule has 2 saturated heterocycles. The van der Waals surface area contributed by atoms with E-state index in [-0.39, 0.29) is 5.91 Å². The first-order chi connectivity index (χ1) is 9.15. The molecule has 4 nitrogen and oxygen atoms in total. The highest BCUT2D eigenvalue weighted by Crippen LogP contribution is 2.19.